The van der Waals surface area contributed by atoms with Gasteiger partial charge in [0.15, 0.2) is 0 Å². The lowest BCUT2D eigenvalue weighted by molar-refractivity contribution is 0.463. The van der Waals surface area contributed by atoms with Crippen LogP contribution >= 0.6 is 11.6 Å². The molecule has 4 nitrogen and oxygen atoms in total. The molecule has 2 aromatic heterocycles. The van der Waals surface area contributed by atoms with Gasteiger partial charge in [-0.3, -0.25) is 4.98 Å². The molecule has 1 aromatic carbocycles. The molecule has 20 heavy (non-hydrogen) atoms. The zero-order chi connectivity index (χ0) is 13.9. The number of nitriles is 1. The highest BCUT2D eigenvalue weighted by molar-refractivity contribution is 6.31. The van der Waals surface area contributed by atoms with Crippen molar-refractivity contribution in [2.45, 2.75) is 0 Å². The van der Waals surface area contributed by atoms with Gasteiger partial charge in [0.2, 0.25) is 5.88 Å². The minimum atomic E-state index is 0.351. The summed E-state index contributed by atoms with van der Waals surface area (Å²) in [7, 11) is 0. The van der Waals surface area contributed by atoms with E-state index in [0.29, 0.717) is 33.1 Å². The number of fused-ring (bicyclic) bond motifs is 1. The van der Waals surface area contributed by atoms with Crippen LogP contribution in [0.25, 0.3) is 10.9 Å². The molecule has 0 unspecified atom stereocenters. The predicted molar refractivity (Wildman–Crippen MR) is 75.8 cm³/mol. The van der Waals surface area contributed by atoms with Crippen LogP contribution in [0.2, 0.25) is 5.02 Å². The third-order valence-electron chi connectivity index (χ3n) is 2.72. The highest BCUT2D eigenvalue weighted by atomic mass is 35.5. The maximum atomic E-state index is 9.23. The summed E-state index contributed by atoms with van der Waals surface area (Å²) in [4.78, 5) is 8.32. The fourth-order valence-corrected chi connectivity index (χ4v) is 2.02. The van der Waals surface area contributed by atoms with E-state index in [1.165, 1.54) is 0 Å². The SMILES string of the molecule is N#Cc1cc(Oc2cccnc2)nc2ccc(Cl)cc12. The van der Waals surface area contributed by atoms with Gasteiger partial charge in [0.25, 0.3) is 0 Å². The van der Waals surface area contributed by atoms with Gasteiger partial charge in [0.05, 0.1) is 17.3 Å². The van der Waals surface area contributed by atoms with E-state index >= 15 is 0 Å². The molecule has 5 heteroatoms. The van der Waals surface area contributed by atoms with Crippen LogP contribution in [0.1, 0.15) is 5.56 Å². The molecule has 0 aliphatic rings. The van der Waals surface area contributed by atoms with Crippen molar-refractivity contribution in [1.82, 2.24) is 9.97 Å². The Kier molecular flexibility index (Phi) is 3.20. The second kappa shape index (κ2) is 5.16. The molecule has 0 saturated carbocycles. The van der Waals surface area contributed by atoms with Crippen LogP contribution in [-0.4, -0.2) is 9.97 Å². The zero-order valence-corrected chi connectivity index (χ0v) is 11.0. The maximum Gasteiger partial charge on any atom is 0.221 e. The average molecular weight is 282 g/mol. The Morgan fingerprint density at radius 3 is 2.85 bits per heavy atom. The summed E-state index contributed by atoms with van der Waals surface area (Å²) in [5, 5.41) is 10.5. The molecule has 0 amide bonds. The summed E-state index contributed by atoms with van der Waals surface area (Å²) in [6.07, 6.45) is 3.24. The fraction of sp³-hybridized carbons (Fsp3) is 0. The topological polar surface area (TPSA) is 58.8 Å². The summed E-state index contributed by atoms with van der Waals surface area (Å²) >= 11 is 5.94. The van der Waals surface area contributed by atoms with Crippen molar-refractivity contribution in [3.05, 3.63) is 59.4 Å². The highest BCUT2D eigenvalue weighted by Gasteiger charge is 2.08. The van der Waals surface area contributed by atoms with Crippen LogP contribution in [0, 0.1) is 11.3 Å². The Morgan fingerprint density at radius 1 is 1.20 bits per heavy atom. The van der Waals surface area contributed by atoms with Gasteiger partial charge >= 0.3 is 0 Å². The van der Waals surface area contributed by atoms with Crippen molar-refractivity contribution in [2.24, 2.45) is 0 Å². The summed E-state index contributed by atoms with van der Waals surface area (Å²) in [5.74, 6) is 0.918. The van der Waals surface area contributed by atoms with Gasteiger partial charge in [-0.05, 0) is 30.3 Å². The maximum absolute atomic E-state index is 9.23. The van der Waals surface area contributed by atoms with Crippen molar-refractivity contribution >= 4 is 22.5 Å². The van der Waals surface area contributed by atoms with E-state index in [1.54, 1.807) is 48.8 Å². The van der Waals surface area contributed by atoms with Crippen molar-refractivity contribution in [3.8, 4) is 17.7 Å². The van der Waals surface area contributed by atoms with E-state index < -0.39 is 0 Å². The number of ether oxygens (including phenoxy) is 1. The van der Waals surface area contributed by atoms with Gasteiger partial charge in [-0.15, -0.1) is 0 Å². The molecule has 0 aliphatic heterocycles. The number of nitrogens with zero attached hydrogens (tertiary/aromatic N) is 3. The third kappa shape index (κ3) is 2.40. The monoisotopic (exact) mass is 281 g/mol. The normalized spacial score (nSPS) is 10.2. The second-order valence-corrected chi connectivity index (χ2v) is 4.51. The van der Waals surface area contributed by atoms with Gasteiger partial charge in [-0.1, -0.05) is 11.6 Å². The van der Waals surface area contributed by atoms with Gasteiger partial charge in [-0.2, -0.15) is 5.26 Å². The van der Waals surface area contributed by atoms with E-state index in [0.717, 1.165) is 0 Å². The van der Waals surface area contributed by atoms with Crippen molar-refractivity contribution in [1.29, 1.82) is 5.26 Å². The molecule has 0 bridgehead atoms. The number of aromatic nitrogens is 2. The molecule has 0 saturated heterocycles. The molecular weight excluding hydrogens is 274 g/mol. The Balaban J connectivity index is 2.10. The molecule has 0 radical (unpaired) electrons. The first kappa shape index (κ1) is 12.4. The standard InChI is InChI=1S/C15H8ClN3O/c16-11-3-4-14-13(7-11)10(8-17)6-15(19-14)20-12-2-1-5-18-9-12/h1-7,9H. The molecule has 96 valence electrons. The first-order chi connectivity index (χ1) is 9.76. The molecule has 3 aromatic rings. The lowest BCUT2D eigenvalue weighted by Gasteiger charge is -2.07. The minimum absolute atomic E-state index is 0.351. The Bertz CT molecular complexity index is 812. The van der Waals surface area contributed by atoms with Gasteiger partial charge in [-0.25, -0.2) is 4.98 Å². The van der Waals surface area contributed by atoms with E-state index in [9.17, 15) is 5.26 Å². The van der Waals surface area contributed by atoms with Gasteiger partial charge < -0.3 is 4.74 Å². The number of benzene rings is 1. The minimum Gasteiger partial charge on any atom is -0.437 e. The number of hydrogen-bond donors (Lipinski definition) is 0. The van der Waals surface area contributed by atoms with Crippen LogP contribution in [0.15, 0.2) is 48.8 Å². The quantitative estimate of drug-likeness (QED) is 0.714. The van der Waals surface area contributed by atoms with Crippen molar-refractivity contribution < 1.29 is 4.74 Å². The predicted octanol–water partition coefficient (Wildman–Crippen LogP) is 3.95. The van der Waals surface area contributed by atoms with Crippen LogP contribution in [0.4, 0.5) is 0 Å². The van der Waals surface area contributed by atoms with E-state index in [4.69, 9.17) is 16.3 Å². The van der Waals surface area contributed by atoms with E-state index in [-0.39, 0.29) is 0 Å². The van der Waals surface area contributed by atoms with E-state index in [2.05, 4.69) is 16.0 Å². The smallest absolute Gasteiger partial charge is 0.221 e. The molecule has 0 N–H and O–H groups in total. The number of rotatable bonds is 2. The zero-order valence-electron chi connectivity index (χ0n) is 10.2. The lowest BCUT2D eigenvalue weighted by atomic mass is 10.1. The number of hydrogen-bond acceptors (Lipinski definition) is 4. The van der Waals surface area contributed by atoms with Gasteiger partial charge in [0, 0.05) is 22.7 Å². The molecule has 0 aliphatic carbocycles. The largest absolute Gasteiger partial charge is 0.437 e. The van der Waals surface area contributed by atoms with E-state index in [1.807, 2.05) is 0 Å². The molecule has 3 rings (SSSR count). The van der Waals surface area contributed by atoms with Crippen LogP contribution in [0.3, 0.4) is 0 Å². The second-order valence-electron chi connectivity index (χ2n) is 4.07. The Hall–Kier alpha value is -2.64. The van der Waals surface area contributed by atoms with Crippen LogP contribution in [0.5, 0.6) is 11.6 Å². The first-order valence-electron chi connectivity index (χ1n) is 5.84. The lowest BCUT2D eigenvalue weighted by Crippen LogP contribution is -1.92. The molecule has 2 heterocycles. The summed E-state index contributed by atoms with van der Waals surface area (Å²) in [6.45, 7) is 0. The van der Waals surface area contributed by atoms with Crippen molar-refractivity contribution in [3.63, 3.8) is 0 Å². The highest BCUT2D eigenvalue weighted by Crippen LogP contribution is 2.26. The Morgan fingerprint density at radius 2 is 2.10 bits per heavy atom. The molecular formula is C15H8ClN3O. The fourth-order valence-electron chi connectivity index (χ4n) is 1.85. The summed E-state index contributed by atoms with van der Waals surface area (Å²) < 4.78 is 5.60. The Labute approximate surface area is 120 Å². The molecule has 0 spiro atoms. The first-order valence-corrected chi connectivity index (χ1v) is 6.22. The third-order valence-corrected chi connectivity index (χ3v) is 2.96. The average Bonchev–Trinajstić information content (AvgIpc) is 2.48. The van der Waals surface area contributed by atoms with Crippen molar-refractivity contribution in [2.75, 3.05) is 0 Å². The van der Waals surface area contributed by atoms with Gasteiger partial charge in [0.1, 0.15) is 11.8 Å². The molecule has 0 fully saturated rings. The van der Waals surface area contributed by atoms with Crippen LogP contribution in [-0.2, 0) is 0 Å². The van der Waals surface area contributed by atoms with Crippen LogP contribution < -0.4 is 4.74 Å². The molecule has 0 atom stereocenters. The number of pyridine rings is 2. The summed E-state index contributed by atoms with van der Waals surface area (Å²) in [5.41, 5.74) is 1.13. The number of halogens is 1. The summed E-state index contributed by atoms with van der Waals surface area (Å²) in [6, 6.07) is 12.5.